The lowest BCUT2D eigenvalue weighted by Crippen LogP contribution is -2.39. The van der Waals surface area contributed by atoms with Crippen LogP contribution in [0.1, 0.15) is 30.7 Å². The molecule has 0 saturated heterocycles. The van der Waals surface area contributed by atoms with E-state index in [4.69, 9.17) is 11.6 Å². The highest BCUT2D eigenvalue weighted by Crippen LogP contribution is 2.23. The standard InChI is InChI=1S/C29H31ClN4O5/c30-24-10-4-5-11-25(24)34-29(39)31-17-7-6-12-26(35)33-19-27(36)32-18-23(28(37)38)22-15-13-21(14-16-22)20-8-2-1-3-9-20/h1-5,8-11,13-16,23H,6-7,12,17-19H2,(H,32,36)(H,33,35)(H,37,38)(H2,31,34,39). The van der Waals surface area contributed by atoms with Gasteiger partial charge in [-0.15, -0.1) is 0 Å². The number of hydrogen-bond donors (Lipinski definition) is 5. The number of nitrogens with one attached hydrogen (secondary N) is 4. The third kappa shape index (κ3) is 9.79. The van der Waals surface area contributed by atoms with Gasteiger partial charge < -0.3 is 26.4 Å². The van der Waals surface area contributed by atoms with Crippen LogP contribution in [0.2, 0.25) is 5.02 Å². The van der Waals surface area contributed by atoms with Gasteiger partial charge >= 0.3 is 12.0 Å². The fraction of sp³-hybridized carbons (Fsp3) is 0.241. The molecule has 0 aliphatic carbocycles. The van der Waals surface area contributed by atoms with Crippen LogP contribution in [0.25, 0.3) is 11.1 Å². The third-order valence-corrected chi connectivity index (χ3v) is 6.24. The fourth-order valence-corrected chi connectivity index (χ4v) is 3.96. The van der Waals surface area contributed by atoms with Gasteiger partial charge in [0.05, 0.1) is 23.2 Å². The van der Waals surface area contributed by atoms with Crippen LogP contribution in [-0.2, 0) is 14.4 Å². The van der Waals surface area contributed by atoms with Crippen molar-refractivity contribution in [2.24, 2.45) is 0 Å². The van der Waals surface area contributed by atoms with Crippen molar-refractivity contribution in [2.45, 2.75) is 25.2 Å². The summed E-state index contributed by atoms with van der Waals surface area (Å²) in [4.78, 5) is 47.9. The second kappa shape index (κ2) is 15.1. The molecule has 0 aromatic heterocycles. The maximum absolute atomic E-state index is 12.2. The van der Waals surface area contributed by atoms with Gasteiger partial charge in [0.25, 0.3) is 0 Å². The molecule has 3 rings (SSSR count). The summed E-state index contributed by atoms with van der Waals surface area (Å²) in [6.45, 7) is 0.0141. The second-order valence-corrected chi connectivity index (χ2v) is 9.18. The van der Waals surface area contributed by atoms with E-state index in [1.54, 1.807) is 36.4 Å². The van der Waals surface area contributed by atoms with Crippen molar-refractivity contribution in [1.82, 2.24) is 16.0 Å². The van der Waals surface area contributed by atoms with Crippen LogP contribution in [0.4, 0.5) is 10.5 Å². The first-order valence-corrected chi connectivity index (χ1v) is 12.9. The number of carboxylic acid groups (broad SMARTS) is 1. The van der Waals surface area contributed by atoms with E-state index in [2.05, 4.69) is 21.3 Å². The molecule has 0 aliphatic rings. The summed E-state index contributed by atoms with van der Waals surface area (Å²) in [6.07, 6.45) is 1.27. The van der Waals surface area contributed by atoms with Crippen LogP contribution < -0.4 is 21.3 Å². The van der Waals surface area contributed by atoms with E-state index in [-0.39, 0.29) is 25.4 Å². The molecule has 0 saturated carbocycles. The first-order chi connectivity index (χ1) is 18.8. The number of aliphatic carboxylic acids is 1. The van der Waals surface area contributed by atoms with E-state index in [1.165, 1.54) is 0 Å². The zero-order valence-electron chi connectivity index (χ0n) is 21.3. The Balaban J connectivity index is 1.32. The van der Waals surface area contributed by atoms with Gasteiger partial charge in [-0.1, -0.05) is 78.3 Å². The minimum absolute atomic E-state index is 0.101. The molecule has 1 unspecified atom stereocenters. The number of carbonyl (C=O) groups excluding carboxylic acids is 3. The number of halogens is 1. The van der Waals surface area contributed by atoms with Gasteiger partial charge in [-0.3, -0.25) is 14.4 Å². The van der Waals surface area contributed by atoms with Crippen LogP contribution in [0.5, 0.6) is 0 Å². The van der Waals surface area contributed by atoms with Gasteiger partial charge in [0.2, 0.25) is 11.8 Å². The second-order valence-electron chi connectivity index (χ2n) is 8.78. The van der Waals surface area contributed by atoms with E-state index >= 15 is 0 Å². The summed E-state index contributed by atoms with van der Waals surface area (Å²) >= 11 is 6.00. The predicted octanol–water partition coefficient (Wildman–Crippen LogP) is 4.40. The Hall–Kier alpha value is -4.37. The van der Waals surface area contributed by atoms with Crippen molar-refractivity contribution >= 4 is 41.1 Å². The van der Waals surface area contributed by atoms with Gasteiger partial charge in [0.15, 0.2) is 0 Å². The van der Waals surface area contributed by atoms with Crippen LogP contribution in [-0.4, -0.2) is 48.6 Å². The van der Waals surface area contributed by atoms with Gasteiger partial charge in [0, 0.05) is 19.5 Å². The Kier molecular flexibility index (Phi) is 11.3. The first kappa shape index (κ1) is 29.2. The van der Waals surface area contributed by atoms with Crippen molar-refractivity contribution in [1.29, 1.82) is 0 Å². The van der Waals surface area contributed by atoms with E-state index in [0.29, 0.717) is 35.7 Å². The highest BCUT2D eigenvalue weighted by atomic mass is 35.5. The molecule has 39 heavy (non-hydrogen) atoms. The lowest BCUT2D eigenvalue weighted by atomic mass is 9.96. The Morgan fingerprint density at radius 1 is 0.744 bits per heavy atom. The maximum atomic E-state index is 12.2. The number of benzene rings is 3. The highest BCUT2D eigenvalue weighted by molar-refractivity contribution is 6.33. The zero-order valence-corrected chi connectivity index (χ0v) is 22.0. The number of carbonyl (C=O) groups is 4. The molecule has 1 atom stereocenters. The lowest BCUT2D eigenvalue weighted by molar-refractivity contribution is -0.138. The molecule has 10 heteroatoms. The highest BCUT2D eigenvalue weighted by Gasteiger charge is 2.21. The molecule has 204 valence electrons. The molecule has 0 bridgehead atoms. The Bertz CT molecular complexity index is 1270. The minimum atomic E-state index is -1.05. The average molecular weight is 551 g/mol. The van der Waals surface area contributed by atoms with Crippen molar-refractivity contribution in [3.8, 4) is 11.1 Å². The molecule has 0 aliphatic heterocycles. The number of rotatable bonds is 13. The number of urea groups is 1. The fourth-order valence-electron chi connectivity index (χ4n) is 3.77. The van der Waals surface area contributed by atoms with Crippen molar-refractivity contribution in [3.63, 3.8) is 0 Å². The van der Waals surface area contributed by atoms with Crippen molar-refractivity contribution < 1.29 is 24.3 Å². The first-order valence-electron chi connectivity index (χ1n) is 12.5. The molecular weight excluding hydrogens is 520 g/mol. The van der Waals surface area contributed by atoms with Crippen LogP contribution in [0, 0.1) is 0 Å². The number of para-hydroxylation sites is 1. The summed E-state index contributed by atoms with van der Waals surface area (Å²) in [6, 6.07) is 23.4. The van der Waals surface area contributed by atoms with Gasteiger partial charge in [-0.25, -0.2) is 4.79 Å². The van der Waals surface area contributed by atoms with Crippen LogP contribution >= 0.6 is 11.6 Å². The number of hydrogen-bond acceptors (Lipinski definition) is 4. The predicted molar refractivity (Wildman–Crippen MR) is 151 cm³/mol. The number of carboxylic acids is 1. The molecule has 0 spiro atoms. The Morgan fingerprint density at radius 2 is 1.41 bits per heavy atom. The van der Waals surface area contributed by atoms with Gasteiger partial charge in [-0.05, 0) is 41.7 Å². The smallest absolute Gasteiger partial charge is 0.319 e. The maximum Gasteiger partial charge on any atom is 0.319 e. The summed E-state index contributed by atoms with van der Waals surface area (Å²) in [5, 5.41) is 20.5. The van der Waals surface area contributed by atoms with E-state index < -0.39 is 23.8 Å². The van der Waals surface area contributed by atoms with Crippen LogP contribution in [0.15, 0.2) is 78.9 Å². The normalized spacial score (nSPS) is 11.2. The Labute approximate surface area is 232 Å². The number of amides is 4. The average Bonchev–Trinajstić information content (AvgIpc) is 2.94. The van der Waals surface area contributed by atoms with Crippen molar-refractivity contribution in [3.05, 3.63) is 89.4 Å². The summed E-state index contributed by atoms with van der Waals surface area (Å²) in [5.74, 6) is -2.76. The van der Waals surface area contributed by atoms with E-state index in [9.17, 15) is 24.3 Å². The molecule has 5 N–H and O–H groups in total. The lowest BCUT2D eigenvalue weighted by Gasteiger charge is -2.15. The minimum Gasteiger partial charge on any atom is -0.481 e. The summed E-state index contributed by atoms with van der Waals surface area (Å²) in [5.41, 5.74) is 3.06. The number of unbranched alkanes of at least 4 members (excludes halogenated alkanes) is 1. The molecule has 0 radical (unpaired) electrons. The van der Waals surface area contributed by atoms with Crippen molar-refractivity contribution in [2.75, 3.05) is 25.0 Å². The molecule has 3 aromatic rings. The van der Waals surface area contributed by atoms with E-state index in [0.717, 1.165) is 11.1 Å². The molecule has 0 fully saturated rings. The molecule has 0 heterocycles. The van der Waals surface area contributed by atoms with Gasteiger partial charge in [-0.2, -0.15) is 0 Å². The third-order valence-electron chi connectivity index (χ3n) is 5.91. The number of anilines is 1. The topological polar surface area (TPSA) is 137 Å². The van der Waals surface area contributed by atoms with Crippen LogP contribution in [0.3, 0.4) is 0 Å². The monoisotopic (exact) mass is 550 g/mol. The zero-order chi connectivity index (χ0) is 28.0. The SMILES string of the molecule is O=C(CCCCNC(=O)Nc1ccccc1Cl)NCC(=O)NCC(C(=O)O)c1ccc(-c2ccccc2)cc1. The molecular formula is C29H31ClN4O5. The molecule has 4 amide bonds. The summed E-state index contributed by atoms with van der Waals surface area (Å²) < 4.78 is 0. The van der Waals surface area contributed by atoms with E-state index in [1.807, 2.05) is 42.5 Å². The summed E-state index contributed by atoms with van der Waals surface area (Å²) in [7, 11) is 0. The molecule has 9 nitrogen and oxygen atoms in total. The Morgan fingerprint density at radius 3 is 2.10 bits per heavy atom. The quantitative estimate of drug-likeness (QED) is 0.201. The molecule has 3 aromatic carbocycles. The largest absolute Gasteiger partial charge is 0.481 e. The van der Waals surface area contributed by atoms with Gasteiger partial charge in [0.1, 0.15) is 0 Å².